The fourth-order valence-electron chi connectivity index (χ4n) is 3.28. The molecule has 0 saturated carbocycles. The molecule has 2 heterocycles. The Morgan fingerprint density at radius 1 is 1.00 bits per heavy atom. The van der Waals surface area contributed by atoms with Gasteiger partial charge in [0.25, 0.3) is 5.91 Å². The molecule has 2 aromatic carbocycles. The fraction of sp³-hybridized carbons (Fsp3) is 0.150. The summed E-state index contributed by atoms with van der Waals surface area (Å²) in [5.74, 6) is 0.0522. The quantitative estimate of drug-likeness (QED) is 0.669. The predicted octanol–water partition coefficient (Wildman–Crippen LogP) is 4.85. The van der Waals surface area contributed by atoms with E-state index in [9.17, 15) is 4.79 Å². The molecule has 0 fully saturated rings. The third-order valence-electron chi connectivity index (χ3n) is 4.42. The van der Waals surface area contributed by atoms with E-state index in [-0.39, 0.29) is 12.1 Å². The van der Waals surface area contributed by atoms with Crippen LogP contribution >= 0.6 is 11.3 Å². The molecule has 3 aromatic rings. The zero-order chi connectivity index (χ0) is 16.7. The zero-order valence-corrected chi connectivity index (χ0v) is 14.5. The molecule has 0 radical (unpaired) electrons. The van der Waals surface area contributed by atoms with Gasteiger partial charge < -0.3 is 4.90 Å². The molecule has 1 aromatic heterocycles. The highest BCUT2D eigenvalue weighted by molar-refractivity contribution is 7.10. The fourth-order valence-corrected chi connectivity index (χ4v) is 4.13. The van der Waals surface area contributed by atoms with Gasteiger partial charge in [0, 0.05) is 17.6 Å². The molecule has 120 valence electrons. The third-order valence-corrected chi connectivity index (χ3v) is 5.34. The normalized spacial score (nSPS) is 17.1. The third kappa shape index (κ3) is 2.31. The Balaban J connectivity index is 1.93. The summed E-state index contributed by atoms with van der Waals surface area (Å²) in [5, 5.41) is 2.06. The summed E-state index contributed by atoms with van der Waals surface area (Å²) >= 11 is 1.68. The van der Waals surface area contributed by atoms with E-state index >= 15 is 0 Å². The van der Waals surface area contributed by atoms with E-state index < -0.39 is 0 Å². The Morgan fingerprint density at radius 3 is 2.50 bits per heavy atom. The molecule has 1 unspecified atom stereocenters. The van der Waals surface area contributed by atoms with Gasteiger partial charge in [-0.3, -0.25) is 9.69 Å². The van der Waals surface area contributed by atoms with Gasteiger partial charge in [-0.05, 0) is 42.6 Å². The molecule has 0 saturated heterocycles. The summed E-state index contributed by atoms with van der Waals surface area (Å²) in [4.78, 5) is 18.6. The molecular formula is C20H18N2OS. The van der Waals surface area contributed by atoms with Gasteiger partial charge in [0.2, 0.25) is 0 Å². The van der Waals surface area contributed by atoms with Gasteiger partial charge in [-0.1, -0.05) is 35.9 Å². The smallest absolute Gasteiger partial charge is 0.262 e. The first-order valence-corrected chi connectivity index (χ1v) is 8.80. The molecule has 0 bridgehead atoms. The van der Waals surface area contributed by atoms with Crippen LogP contribution < -0.4 is 9.80 Å². The van der Waals surface area contributed by atoms with Gasteiger partial charge in [-0.15, -0.1) is 11.3 Å². The standard InChI is InChI=1S/C20H18N2OS/c1-14-10-11-17-16(13-14)20(23)22(15-7-4-3-5-8-15)19(21(17)2)18-9-6-12-24-18/h3-13,19H,1-2H3. The first-order valence-electron chi connectivity index (χ1n) is 7.92. The highest BCUT2D eigenvalue weighted by atomic mass is 32.1. The molecule has 0 spiro atoms. The minimum Gasteiger partial charge on any atom is -0.349 e. The second-order valence-electron chi connectivity index (χ2n) is 6.03. The van der Waals surface area contributed by atoms with Crippen molar-refractivity contribution in [1.29, 1.82) is 0 Å². The lowest BCUT2D eigenvalue weighted by atomic mass is 10.0. The second kappa shape index (κ2) is 5.80. The number of fused-ring (bicyclic) bond motifs is 1. The predicted molar refractivity (Wildman–Crippen MR) is 99.9 cm³/mol. The van der Waals surface area contributed by atoms with E-state index in [2.05, 4.69) is 29.5 Å². The lowest BCUT2D eigenvalue weighted by molar-refractivity contribution is 0.0970. The van der Waals surface area contributed by atoms with Crippen LogP contribution in [0.15, 0.2) is 66.0 Å². The Labute approximate surface area is 145 Å². The Bertz CT molecular complexity index is 874. The van der Waals surface area contributed by atoms with E-state index in [1.54, 1.807) is 11.3 Å². The van der Waals surface area contributed by atoms with Crippen molar-refractivity contribution in [2.75, 3.05) is 16.8 Å². The highest BCUT2D eigenvalue weighted by Crippen LogP contribution is 2.41. The maximum atomic E-state index is 13.3. The summed E-state index contributed by atoms with van der Waals surface area (Å²) in [6, 6.07) is 20.1. The first kappa shape index (κ1) is 15.0. The number of aryl methyl sites for hydroxylation is 1. The van der Waals surface area contributed by atoms with Crippen LogP contribution in [0.3, 0.4) is 0 Å². The van der Waals surface area contributed by atoms with Crippen molar-refractivity contribution < 1.29 is 4.79 Å². The molecule has 1 amide bonds. The number of carbonyl (C=O) groups excluding carboxylic acids is 1. The number of carbonyl (C=O) groups is 1. The van der Waals surface area contributed by atoms with Gasteiger partial charge >= 0.3 is 0 Å². The number of para-hydroxylation sites is 1. The zero-order valence-electron chi connectivity index (χ0n) is 13.6. The molecular weight excluding hydrogens is 316 g/mol. The SMILES string of the molecule is Cc1ccc2c(c1)C(=O)N(c1ccccc1)C(c1cccs1)N2C. The number of benzene rings is 2. The van der Waals surface area contributed by atoms with Crippen molar-refractivity contribution in [3.05, 3.63) is 82.0 Å². The van der Waals surface area contributed by atoms with E-state index in [1.165, 1.54) is 0 Å². The molecule has 0 aliphatic carbocycles. The number of thiophene rings is 1. The van der Waals surface area contributed by atoms with E-state index in [1.807, 2.05) is 60.4 Å². The summed E-state index contributed by atoms with van der Waals surface area (Å²) < 4.78 is 0. The van der Waals surface area contributed by atoms with Crippen LogP contribution in [0.2, 0.25) is 0 Å². The Morgan fingerprint density at radius 2 is 1.79 bits per heavy atom. The van der Waals surface area contributed by atoms with Gasteiger partial charge in [-0.2, -0.15) is 0 Å². The van der Waals surface area contributed by atoms with Crippen LogP contribution in [-0.4, -0.2) is 13.0 Å². The van der Waals surface area contributed by atoms with Gasteiger partial charge in [0.15, 0.2) is 0 Å². The molecule has 1 atom stereocenters. The van der Waals surface area contributed by atoms with E-state index in [0.717, 1.165) is 27.4 Å². The Hall–Kier alpha value is -2.59. The lowest BCUT2D eigenvalue weighted by Gasteiger charge is -2.43. The van der Waals surface area contributed by atoms with Crippen molar-refractivity contribution in [3.63, 3.8) is 0 Å². The summed E-state index contributed by atoms with van der Waals surface area (Å²) in [5.41, 5.74) is 3.75. The number of rotatable bonds is 2. The second-order valence-corrected chi connectivity index (χ2v) is 7.01. The maximum Gasteiger partial charge on any atom is 0.262 e. The minimum atomic E-state index is -0.130. The van der Waals surface area contributed by atoms with Gasteiger partial charge in [-0.25, -0.2) is 0 Å². The summed E-state index contributed by atoms with van der Waals surface area (Å²) in [6.45, 7) is 2.02. The molecule has 4 rings (SSSR count). The maximum absolute atomic E-state index is 13.3. The average Bonchev–Trinajstić information content (AvgIpc) is 3.12. The first-order chi connectivity index (χ1) is 11.7. The van der Waals surface area contributed by atoms with E-state index in [0.29, 0.717) is 0 Å². The largest absolute Gasteiger partial charge is 0.349 e. The molecule has 24 heavy (non-hydrogen) atoms. The van der Waals surface area contributed by atoms with Gasteiger partial charge in [0.1, 0.15) is 6.17 Å². The van der Waals surface area contributed by atoms with Crippen molar-refractivity contribution in [2.45, 2.75) is 13.1 Å². The number of nitrogens with zero attached hydrogens (tertiary/aromatic N) is 2. The summed E-state index contributed by atoms with van der Waals surface area (Å²) in [6.07, 6.45) is -0.130. The molecule has 3 nitrogen and oxygen atoms in total. The topological polar surface area (TPSA) is 23.6 Å². The minimum absolute atomic E-state index is 0.0522. The highest BCUT2D eigenvalue weighted by Gasteiger charge is 2.38. The number of hydrogen-bond donors (Lipinski definition) is 0. The van der Waals surface area contributed by atoms with E-state index in [4.69, 9.17) is 0 Å². The van der Waals surface area contributed by atoms with Crippen LogP contribution in [0, 0.1) is 6.92 Å². The lowest BCUT2D eigenvalue weighted by Crippen LogP contribution is -2.48. The number of amides is 1. The van der Waals surface area contributed by atoms with Crippen molar-refractivity contribution in [2.24, 2.45) is 0 Å². The van der Waals surface area contributed by atoms with Crippen molar-refractivity contribution in [1.82, 2.24) is 0 Å². The van der Waals surface area contributed by atoms with Crippen LogP contribution in [0.25, 0.3) is 0 Å². The van der Waals surface area contributed by atoms with Crippen LogP contribution in [0.4, 0.5) is 11.4 Å². The van der Waals surface area contributed by atoms with Crippen molar-refractivity contribution >= 4 is 28.6 Å². The monoisotopic (exact) mass is 334 g/mol. The number of hydrogen-bond acceptors (Lipinski definition) is 3. The molecule has 1 aliphatic rings. The Kier molecular flexibility index (Phi) is 3.62. The van der Waals surface area contributed by atoms with Crippen molar-refractivity contribution in [3.8, 4) is 0 Å². The summed E-state index contributed by atoms with van der Waals surface area (Å²) in [7, 11) is 2.06. The average molecular weight is 334 g/mol. The van der Waals surface area contributed by atoms with Crippen LogP contribution in [0.1, 0.15) is 27.0 Å². The molecule has 4 heteroatoms. The molecule has 0 N–H and O–H groups in total. The molecule has 1 aliphatic heterocycles. The van der Waals surface area contributed by atoms with Gasteiger partial charge in [0.05, 0.1) is 11.3 Å². The van der Waals surface area contributed by atoms with Crippen LogP contribution in [-0.2, 0) is 0 Å². The van der Waals surface area contributed by atoms with Crippen LogP contribution in [0.5, 0.6) is 0 Å². The number of anilines is 2.